The summed E-state index contributed by atoms with van der Waals surface area (Å²) in [7, 11) is 0. The highest BCUT2D eigenvalue weighted by atomic mass is 16.5. The molecule has 1 N–H and O–H groups in total. The van der Waals surface area contributed by atoms with Crippen molar-refractivity contribution >= 4 is 5.97 Å². The Morgan fingerprint density at radius 2 is 1.33 bits per heavy atom. The summed E-state index contributed by atoms with van der Waals surface area (Å²) in [5.41, 5.74) is 6.90. The van der Waals surface area contributed by atoms with E-state index in [1.165, 1.54) is 16.8 Å². The summed E-state index contributed by atoms with van der Waals surface area (Å²) in [5, 5.41) is 9.69. The molecule has 1 aromatic heterocycles. The van der Waals surface area contributed by atoms with Gasteiger partial charge in [0, 0.05) is 24.4 Å². The van der Waals surface area contributed by atoms with E-state index in [0.717, 1.165) is 48.4 Å². The van der Waals surface area contributed by atoms with Crippen molar-refractivity contribution in [2.75, 3.05) is 6.61 Å². The summed E-state index contributed by atoms with van der Waals surface area (Å²) in [6.45, 7) is 3.67. The number of hydrogen-bond acceptors (Lipinski definition) is 3. The van der Waals surface area contributed by atoms with Crippen molar-refractivity contribution in [3.05, 3.63) is 144 Å². The van der Waals surface area contributed by atoms with E-state index in [0.29, 0.717) is 18.8 Å². The molecule has 0 saturated carbocycles. The predicted octanol–water partition coefficient (Wildman–Crippen LogP) is 7.79. The third kappa shape index (κ3) is 7.91. The van der Waals surface area contributed by atoms with Crippen LogP contribution >= 0.6 is 0 Å². The van der Waals surface area contributed by atoms with Gasteiger partial charge in [-0.25, -0.2) is 4.79 Å². The van der Waals surface area contributed by atoms with Gasteiger partial charge in [0.05, 0.1) is 6.61 Å². The molecule has 5 heteroatoms. The minimum atomic E-state index is -0.977. The number of carbonyl (C=O) groups is 1. The van der Waals surface area contributed by atoms with Crippen LogP contribution in [0.1, 0.15) is 28.8 Å². The molecule has 0 aliphatic carbocycles. The molecule has 0 radical (unpaired) electrons. The Kier molecular flexibility index (Phi) is 9.73. The number of aliphatic carboxylic acids is 1. The number of aryl methyl sites for hydroxylation is 3. The molecule has 5 aromatic rings. The van der Waals surface area contributed by atoms with Crippen LogP contribution < -0.4 is 9.47 Å². The van der Waals surface area contributed by atoms with E-state index >= 15 is 0 Å². The Morgan fingerprint density at radius 1 is 0.714 bits per heavy atom. The van der Waals surface area contributed by atoms with E-state index in [-0.39, 0.29) is 0 Å². The smallest absolute Gasteiger partial charge is 0.345 e. The molecule has 0 fully saturated rings. The topological polar surface area (TPSA) is 60.7 Å². The van der Waals surface area contributed by atoms with E-state index in [9.17, 15) is 9.90 Å². The SMILES string of the molecule is Cc1ccc(-c2ccc(O[C@H](Cc3ccccc3)C(=O)O)cc2)n1CCc1ccc(OCCCc2ccccc2)cc1. The van der Waals surface area contributed by atoms with Crippen LogP contribution in [0.3, 0.4) is 0 Å². The summed E-state index contributed by atoms with van der Waals surface area (Å²) in [4.78, 5) is 11.8. The molecule has 0 spiro atoms. The summed E-state index contributed by atoms with van der Waals surface area (Å²) in [6, 6.07) is 40.4. The van der Waals surface area contributed by atoms with Gasteiger partial charge in [0.15, 0.2) is 6.10 Å². The van der Waals surface area contributed by atoms with Crippen molar-refractivity contribution < 1.29 is 19.4 Å². The second-order valence-electron chi connectivity index (χ2n) is 10.5. The Morgan fingerprint density at radius 3 is 2.00 bits per heavy atom. The van der Waals surface area contributed by atoms with Crippen molar-refractivity contribution in [3.8, 4) is 22.8 Å². The molecule has 5 nitrogen and oxygen atoms in total. The average molecular weight is 560 g/mol. The van der Waals surface area contributed by atoms with Gasteiger partial charge in [-0.1, -0.05) is 72.8 Å². The fourth-order valence-electron chi connectivity index (χ4n) is 5.10. The van der Waals surface area contributed by atoms with Crippen LogP contribution in [0, 0.1) is 6.92 Å². The van der Waals surface area contributed by atoms with Crippen LogP contribution in [0.5, 0.6) is 11.5 Å². The van der Waals surface area contributed by atoms with Crippen LogP contribution in [-0.2, 0) is 30.6 Å². The molecule has 1 atom stereocenters. The molecule has 214 valence electrons. The first-order valence-corrected chi connectivity index (χ1v) is 14.5. The molecule has 42 heavy (non-hydrogen) atoms. The molecule has 0 amide bonds. The zero-order chi connectivity index (χ0) is 29.1. The number of rotatable bonds is 14. The zero-order valence-electron chi connectivity index (χ0n) is 24.0. The van der Waals surface area contributed by atoms with Crippen molar-refractivity contribution in [2.45, 2.75) is 45.3 Å². The van der Waals surface area contributed by atoms with Crippen LogP contribution in [0.2, 0.25) is 0 Å². The van der Waals surface area contributed by atoms with Crippen molar-refractivity contribution in [2.24, 2.45) is 0 Å². The third-order valence-corrected chi connectivity index (χ3v) is 7.44. The fraction of sp³-hybridized carbons (Fsp3) is 0.216. The van der Waals surface area contributed by atoms with E-state index in [1.54, 1.807) is 0 Å². The van der Waals surface area contributed by atoms with Gasteiger partial charge in [0.2, 0.25) is 0 Å². The monoisotopic (exact) mass is 559 g/mol. The second kappa shape index (κ2) is 14.2. The first-order chi connectivity index (χ1) is 20.5. The number of ether oxygens (including phenoxy) is 2. The third-order valence-electron chi connectivity index (χ3n) is 7.44. The Bertz CT molecular complexity index is 1540. The largest absolute Gasteiger partial charge is 0.494 e. The van der Waals surface area contributed by atoms with Crippen LogP contribution in [-0.4, -0.2) is 28.4 Å². The maximum atomic E-state index is 11.8. The number of aromatic nitrogens is 1. The summed E-state index contributed by atoms with van der Waals surface area (Å²) >= 11 is 0. The predicted molar refractivity (Wildman–Crippen MR) is 167 cm³/mol. The van der Waals surface area contributed by atoms with Gasteiger partial charge in [0.1, 0.15) is 11.5 Å². The van der Waals surface area contributed by atoms with E-state index in [2.05, 4.69) is 72.2 Å². The molecule has 0 aliphatic rings. The van der Waals surface area contributed by atoms with Gasteiger partial charge < -0.3 is 19.1 Å². The van der Waals surface area contributed by atoms with Crippen LogP contribution in [0.4, 0.5) is 0 Å². The molecule has 0 aliphatic heterocycles. The zero-order valence-corrected chi connectivity index (χ0v) is 24.0. The van der Waals surface area contributed by atoms with E-state index < -0.39 is 12.1 Å². The second-order valence-corrected chi connectivity index (χ2v) is 10.5. The van der Waals surface area contributed by atoms with Crippen molar-refractivity contribution in [1.82, 2.24) is 4.57 Å². The number of carboxylic acids is 1. The summed E-state index contributed by atoms with van der Waals surface area (Å²) < 4.78 is 14.1. The Hall–Kier alpha value is -4.77. The van der Waals surface area contributed by atoms with E-state index in [4.69, 9.17) is 9.47 Å². The van der Waals surface area contributed by atoms with Gasteiger partial charge in [-0.3, -0.25) is 0 Å². The lowest BCUT2D eigenvalue weighted by Crippen LogP contribution is -2.29. The van der Waals surface area contributed by atoms with Crippen molar-refractivity contribution in [3.63, 3.8) is 0 Å². The quantitative estimate of drug-likeness (QED) is 0.141. The molecular weight excluding hydrogens is 522 g/mol. The molecular formula is C37H37NO4. The van der Waals surface area contributed by atoms with Crippen LogP contribution in [0.15, 0.2) is 121 Å². The Labute approximate surface area is 248 Å². The summed E-state index contributed by atoms with van der Waals surface area (Å²) in [6.07, 6.45) is 2.27. The highest BCUT2D eigenvalue weighted by Gasteiger charge is 2.20. The number of nitrogens with zero attached hydrogens (tertiary/aromatic N) is 1. The highest BCUT2D eigenvalue weighted by molar-refractivity contribution is 5.73. The molecule has 0 unspecified atom stereocenters. The van der Waals surface area contributed by atoms with Gasteiger partial charge >= 0.3 is 5.97 Å². The Balaban J connectivity index is 1.15. The first-order valence-electron chi connectivity index (χ1n) is 14.5. The average Bonchev–Trinajstić information content (AvgIpc) is 3.39. The molecule has 1 heterocycles. The number of hydrogen-bond donors (Lipinski definition) is 1. The van der Waals surface area contributed by atoms with Gasteiger partial charge in [0.25, 0.3) is 0 Å². The fourth-order valence-corrected chi connectivity index (χ4v) is 5.10. The lowest BCUT2D eigenvalue weighted by molar-refractivity contribution is -0.145. The first kappa shape index (κ1) is 28.7. The minimum Gasteiger partial charge on any atom is -0.494 e. The maximum Gasteiger partial charge on any atom is 0.345 e. The normalized spacial score (nSPS) is 11.6. The van der Waals surface area contributed by atoms with Gasteiger partial charge in [-0.2, -0.15) is 0 Å². The minimum absolute atomic E-state index is 0.307. The number of carboxylic acid groups (broad SMARTS) is 1. The van der Waals surface area contributed by atoms with Crippen LogP contribution in [0.25, 0.3) is 11.3 Å². The van der Waals surface area contributed by atoms with Crippen molar-refractivity contribution in [1.29, 1.82) is 0 Å². The van der Waals surface area contributed by atoms with Gasteiger partial charge in [-0.05, 0) is 97.0 Å². The lowest BCUT2D eigenvalue weighted by Gasteiger charge is -2.16. The molecule has 5 rings (SSSR count). The highest BCUT2D eigenvalue weighted by Crippen LogP contribution is 2.26. The molecule has 0 bridgehead atoms. The van der Waals surface area contributed by atoms with Gasteiger partial charge in [-0.15, -0.1) is 0 Å². The molecule has 0 saturated heterocycles. The maximum absolute atomic E-state index is 11.8. The lowest BCUT2D eigenvalue weighted by atomic mass is 10.1. The summed E-state index contributed by atoms with van der Waals surface area (Å²) in [5.74, 6) is 0.468. The van der Waals surface area contributed by atoms with E-state index in [1.807, 2.05) is 60.7 Å². The standard InChI is InChI=1S/C37H37NO4/c1-28-14-23-35(32-17-21-34(22-18-32)42-36(37(39)40)27-31-11-6-3-7-12-31)38(28)25-24-30-15-19-33(20-16-30)41-26-8-13-29-9-4-2-5-10-29/h2-7,9-12,14-23,36H,8,13,24-27H2,1H3,(H,39,40)/t36-/m1/s1. The molecule has 4 aromatic carbocycles. The number of benzene rings is 4.